The number of ether oxygens (including phenoxy) is 4. The van der Waals surface area contributed by atoms with Crippen LogP contribution in [-0.4, -0.2) is 37.3 Å². The van der Waals surface area contributed by atoms with Crippen molar-refractivity contribution in [2.75, 3.05) is 26.1 Å². The number of esters is 1. The fraction of sp³-hybridized carbons (Fsp3) is 0.250. The lowest BCUT2D eigenvalue weighted by Crippen LogP contribution is -2.19. The van der Waals surface area contributed by atoms with Crippen molar-refractivity contribution in [2.24, 2.45) is 0 Å². The van der Waals surface area contributed by atoms with Crippen molar-refractivity contribution in [1.82, 2.24) is 4.57 Å². The Hall–Kier alpha value is -4.27. The van der Waals surface area contributed by atoms with Gasteiger partial charge in [-0.15, -0.1) is 0 Å². The molecule has 5 rings (SSSR count). The molecule has 1 aromatic heterocycles. The number of nitrogens with zero attached hydrogens (tertiary/aromatic N) is 1. The number of methoxy groups -OCH3 is 2. The summed E-state index contributed by atoms with van der Waals surface area (Å²) in [5, 5.41) is 3.52. The maximum atomic E-state index is 13.3. The summed E-state index contributed by atoms with van der Waals surface area (Å²) in [4.78, 5) is 25.1. The molecule has 8 nitrogen and oxygen atoms in total. The standard InChI is InChI=1S/C32H31ClN2O6/c1-4-40-30(37)17-20-10-13-22(14-11-20)34-29(36)19-28-26-8-6-16-35(26)25-15-12-21(33)18-24(25)31(41-28)23-7-5-9-27(38-2)32(23)39-3/h5-16,18,28,31H,4,17,19H2,1-3H3,(H,34,36)/t28-,31-/m0/s1. The van der Waals surface area contributed by atoms with Crippen LogP contribution in [0.5, 0.6) is 11.5 Å². The summed E-state index contributed by atoms with van der Waals surface area (Å²) < 4.78 is 25.1. The Labute approximate surface area is 243 Å². The summed E-state index contributed by atoms with van der Waals surface area (Å²) >= 11 is 6.47. The van der Waals surface area contributed by atoms with Crippen LogP contribution >= 0.6 is 11.6 Å². The number of halogens is 1. The van der Waals surface area contributed by atoms with Gasteiger partial charge in [0, 0.05) is 28.0 Å². The van der Waals surface area contributed by atoms with Gasteiger partial charge in [0.15, 0.2) is 11.5 Å². The van der Waals surface area contributed by atoms with Crippen LogP contribution in [0.25, 0.3) is 5.69 Å². The van der Waals surface area contributed by atoms with E-state index in [1.807, 2.05) is 59.3 Å². The summed E-state index contributed by atoms with van der Waals surface area (Å²) in [6.45, 7) is 2.11. The van der Waals surface area contributed by atoms with Gasteiger partial charge >= 0.3 is 5.97 Å². The van der Waals surface area contributed by atoms with Crippen LogP contribution in [0.3, 0.4) is 0 Å². The highest BCUT2D eigenvalue weighted by Crippen LogP contribution is 2.46. The Morgan fingerprint density at radius 1 is 0.976 bits per heavy atom. The number of benzene rings is 3. The maximum absolute atomic E-state index is 13.3. The number of rotatable bonds is 9. The minimum atomic E-state index is -0.603. The Balaban J connectivity index is 1.44. The van der Waals surface area contributed by atoms with Gasteiger partial charge in [-0.2, -0.15) is 0 Å². The zero-order valence-electron chi connectivity index (χ0n) is 23.1. The van der Waals surface area contributed by atoms with Crippen LogP contribution in [0.2, 0.25) is 5.02 Å². The first-order valence-electron chi connectivity index (χ1n) is 13.3. The highest BCUT2D eigenvalue weighted by atomic mass is 35.5. The number of anilines is 1. The lowest BCUT2D eigenvalue weighted by atomic mass is 9.98. The van der Waals surface area contributed by atoms with E-state index in [0.29, 0.717) is 28.8 Å². The fourth-order valence-corrected chi connectivity index (χ4v) is 5.30. The summed E-state index contributed by atoms with van der Waals surface area (Å²) in [7, 11) is 3.17. The minimum Gasteiger partial charge on any atom is -0.493 e. The Morgan fingerprint density at radius 3 is 2.51 bits per heavy atom. The first-order chi connectivity index (χ1) is 19.9. The summed E-state index contributed by atoms with van der Waals surface area (Å²) in [6, 6.07) is 22.3. The molecule has 0 radical (unpaired) electrons. The molecule has 9 heteroatoms. The van der Waals surface area contributed by atoms with Crippen LogP contribution in [0.1, 0.15) is 47.9 Å². The van der Waals surface area contributed by atoms with Crippen molar-refractivity contribution >= 4 is 29.2 Å². The number of aromatic nitrogens is 1. The second-order valence-electron chi connectivity index (χ2n) is 9.52. The molecule has 1 amide bonds. The third-order valence-electron chi connectivity index (χ3n) is 6.92. The first-order valence-corrected chi connectivity index (χ1v) is 13.7. The van der Waals surface area contributed by atoms with Gasteiger partial charge in [0.25, 0.3) is 0 Å². The van der Waals surface area contributed by atoms with Crippen molar-refractivity contribution in [1.29, 1.82) is 0 Å². The van der Waals surface area contributed by atoms with Gasteiger partial charge in [-0.05, 0) is 61.0 Å². The number of nitrogens with one attached hydrogen (secondary N) is 1. The zero-order chi connectivity index (χ0) is 28.9. The molecule has 2 heterocycles. The molecule has 1 N–H and O–H groups in total. The second-order valence-corrected chi connectivity index (χ2v) is 9.96. The van der Waals surface area contributed by atoms with E-state index in [9.17, 15) is 9.59 Å². The molecule has 3 aromatic carbocycles. The third-order valence-corrected chi connectivity index (χ3v) is 7.16. The molecule has 1 aliphatic heterocycles. The maximum Gasteiger partial charge on any atom is 0.310 e. The highest BCUT2D eigenvalue weighted by molar-refractivity contribution is 6.30. The molecule has 41 heavy (non-hydrogen) atoms. The van der Waals surface area contributed by atoms with E-state index in [4.69, 9.17) is 30.5 Å². The van der Waals surface area contributed by atoms with E-state index in [0.717, 1.165) is 28.1 Å². The summed E-state index contributed by atoms with van der Waals surface area (Å²) in [5.74, 6) is 0.605. The van der Waals surface area contributed by atoms with Crippen molar-refractivity contribution in [3.63, 3.8) is 0 Å². The average Bonchev–Trinajstić information content (AvgIpc) is 3.41. The molecule has 0 saturated heterocycles. The number of carbonyl (C=O) groups excluding carboxylic acids is 2. The Morgan fingerprint density at radius 2 is 1.78 bits per heavy atom. The van der Waals surface area contributed by atoms with Crippen LogP contribution in [0.4, 0.5) is 5.69 Å². The van der Waals surface area contributed by atoms with Crippen LogP contribution in [0, 0.1) is 0 Å². The van der Waals surface area contributed by atoms with Crippen LogP contribution in [0.15, 0.2) is 79.0 Å². The average molecular weight is 575 g/mol. The normalized spacial score (nSPS) is 15.7. The first kappa shape index (κ1) is 28.3. The zero-order valence-corrected chi connectivity index (χ0v) is 23.8. The molecule has 0 saturated carbocycles. The molecule has 2 atom stereocenters. The van der Waals surface area contributed by atoms with Gasteiger partial charge in [0.1, 0.15) is 12.2 Å². The number of carbonyl (C=O) groups is 2. The molecular formula is C32H31ClN2O6. The van der Waals surface area contributed by atoms with Gasteiger partial charge in [-0.3, -0.25) is 9.59 Å². The van der Waals surface area contributed by atoms with Gasteiger partial charge in [0.2, 0.25) is 5.91 Å². The van der Waals surface area contributed by atoms with Gasteiger partial charge < -0.3 is 28.8 Å². The second kappa shape index (κ2) is 12.5. The Kier molecular flexibility index (Phi) is 8.61. The molecule has 4 aromatic rings. The minimum absolute atomic E-state index is 0.0547. The van der Waals surface area contributed by atoms with Crippen LogP contribution < -0.4 is 14.8 Å². The summed E-state index contributed by atoms with van der Waals surface area (Å²) in [6.07, 6.45) is 0.978. The topological polar surface area (TPSA) is 88.0 Å². The van der Waals surface area contributed by atoms with Gasteiger partial charge in [0.05, 0.1) is 45.0 Å². The van der Waals surface area contributed by atoms with Crippen molar-refractivity contribution in [2.45, 2.75) is 32.0 Å². The predicted molar refractivity (Wildman–Crippen MR) is 156 cm³/mol. The van der Waals surface area contributed by atoms with Gasteiger partial charge in [-0.1, -0.05) is 35.9 Å². The predicted octanol–water partition coefficient (Wildman–Crippen LogP) is 6.44. The molecule has 0 aliphatic carbocycles. The van der Waals surface area contributed by atoms with Crippen molar-refractivity contribution < 1.29 is 28.5 Å². The highest BCUT2D eigenvalue weighted by Gasteiger charge is 2.34. The van der Waals surface area contributed by atoms with E-state index >= 15 is 0 Å². The molecule has 0 fully saturated rings. The van der Waals surface area contributed by atoms with E-state index < -0.39 is 12.2 Å². The number of para-hydroxylation sites is 1. The number of amides is 1. The van der Waals surface area contributed by atoms with Gasteiger partial charge in [-0.25, -0.2) is 0 Å². The number of hydrogen-bond acceptors (Lipinski definition) is 6. The fourth-order valence-electron chi connectivity index (χ4n) is 5.11. The SMILES string of the molecule is CCOC(=O)Cc1ccc(NC(=O)C[C@@H]2O[C@@H](c3cccc(OC)c3OC)c3cc(Cl)ccc3-n3cccc32)cc1. The smallest absolute Gasteiger partial charge is 0.310 e. The number of hydrogen-bond donors (Lipinski definition) is 1. The van der Waals surface area contributed by atoms with E-state index in [2.05, 4.69) is 5.32 Å². The molecule has 0 unspecified atom stereocenters. The Bertz CT molecular complexity index is 1550. The third kappa shape index (κ3) is 6.09. The largest absolute Gasteiger partial charge is 0.493 e. The monoisotopic (exact) mass is 574 g/mol. The van der Waals surface area contributed by atoms with Crippen molar-refractivity contribution in [3.8, 4) is 17.2 Å². The molecule has 1 aliphatic rings. The molecule has 0 bridgehead atoms. The molecular weight excluding hydrogens is 544 g/mol. The van der Waals surface area contributed by atoms with E-state index in [1.165, 1.54) is 0 Å². The molecule has 212 valence electrons. The molecule has 0 spiro atoms. The van der Waals surface area contributed by atoms with Crippen molar-refractivity contribution in [3.05, 3.63) is 106 Å². The lowest BCUT2D eigenvalue weighted by molar-refractivity contribution is -0.142. The quantitative estimate of drug-likeness (QED) is 0.231. The van der Waals surface area contributed by atoms with E-state index in [1.54, 1.807) is 45.4 Å². The van der Waals surface area contributed by atoms with E-state index in [-0.39, 0.29) is 24.7 Å². The summed E-state index contributed by atoms with van der Waals surface area (Å²) in [5.41, 5.74) is 4.73. The number of fused-ring (bicyclic) bond motifs is 3. The van der Waals surface area contributed by atoms with Crippen LogP contribution in [-0.2, 0) is 25.5 Å². The lowest BCUT2D eigenvalue weighted by Gasteiger charge is -2.25.